The van der Waals surface area contributed by atoms with Crippen molar-refractivity contribution in [1.82, 2.24) is 15.0 Å². The van der Waals surface area contributed by atoms with Crippen molar-refractivity contribution in [3.8, 4) is 11.4 Å². The Balaban J connectivity index is 1.91. The lowest BCUT2D eigenvalue weighted by molar-refractivity contribution is 0.903. The van der Waals surface area contributed by atoms with E-state index in [9.17, 15) is 0 Å². The molecule has 0 aliphatic carbocycles. The van der Waals surface area contributed by atoms with E-state index in [2.05, 4.69) is 54.1 Å². The highest BCUT2D eigenvalue weighted by Gasteiger charge is 2.12. The molecule has 0 aliphatic rings. The first-order valence-electron chi connectivity index (χ1n) is 8.87. The number of fused-ring (bicyclic) bond motifs is 1. The highest BCUT2D eigenvalue weighted by molar-refractivity contribution is 7.17. The summed E-state index contributed by atoms with van der Waals surface area (Å²) in [6, 6.07) is 6.04. The molecule has 0 saturated carbocycles. The van der Waals surface area contributed by atoms with E-state index >= 15 is 0 Å². The molecule has 26 heavy (non-hydrogen) atoms. The van der Waals surface area contributed by atoms with E-state index in [4.69, 9.17) is 4.98 Å². The van der Waals surface area contributed by atoms with Crippen LogP contribution in [0.2, 0.25) is 0 Å². The third kappa shape index (κ3) is 4.17. The first-order valence-corrected chi connectivity index (χ1v) is 9.75. The minimum atomic E-state index is 0.147. The van der Waals surface area contributed by atoms with Gasteiger partial charge in [-0.2, -0.15) is 0 Å². The van der Waals surface area contributed by atoms with Crippen molar-refractivity contribution >= 4 is 27.4 Å². The monoisotopic (exact) mass is 364 g/mol. The number of rotatable bonds is 7. The van der Waals surface area contributed by atoms with Crippen molar-refractivity contribution < 1.29 is 0 Å². The number of pyridine rings is 1. The molecule has 3 aromatic rings. The second kappa shape index (κ2) is 8.23. The maximum atomic E-state index is 4.78. The fourth-order valence-electron chi connectivity index (χ4n) is 2.84. The number of nitrogens with one attached hydrogen (secondary N) is 1. The number of allylic oxidation sites excluding steroid dienone is 2. The van der Waals surface area contributed by atoms with Crippen LogP contribution < -0.4 is 5.32 Å². The highest BCUT2D eigenvalue weighted by atomic mass is 32.1. The fraction of sp³-hybridized carbons (Fsp3) is 0.286. The van der Waals surface area contributed by atoms with Gasteiger partial charge >= 0.3 is 0 Å². The molecule has 0 spiro atoms. The van der Waals surface area contributed by atoms with Crippen LogP contribution in [-0.4, -0.2) is 21.0 Å². The molecule has 1 N–H and O–H groups in total. The molecule has 0 saturated heterocycles. The zero-order valence-electron chi connectivity index (χ0n) is 15.5. The Morgan fingerprint density at radius 3 is 2.77 bits per heavy atom. The van der Waals surface area contributed by atoms with Crippen LogP contribution in [0.25, 0.3) is 21.6 Å². The van der Waals surface area contributed by atoms with Crippen molar-refractivity contribution in [3.63, 3.8) is 0 Å². The van der Waals surface area contributed by atoms with Crippen molar-refractivity contribution in [2.24, 2.45) is 0 Å². The minimum absolute atomic E-state index is 0.147. The van der Waals surface area contributed by atoms with Gasteiger partial charge in [0, 0.05) is 24.0 Å². The lowest BCUT2D eigenvalue weighted by Crippen LogP contribution is -2.14. The molecule has 0 aliphatic heterocycles. The Bertz CT molecular complexity index is 928. The lowest BCUT2D eigenvalue weighted by atomic mass is 10.0. The smallest absolute Gasteiger partial charge is 0.162 e. The van der Waals surface area contributed by atoms with Gasteiger partial charge in [0.05, 0.1) is 10.2 Å². The van der Waals surface area contributed by atoms with E-state index in [-0.39, 0.29) is 6.04 Å². The third-order valence-corrected chi connectivity index (χ3v) is 5.13. The second-order valence-corrected chi connectivity index (χ2v) is 7.32. The number of hydrogen-bond donors (Lipinski definition) is 1. The molecular formula is C21H24N4S. The fourth-order valence-corrected chi connectivity index (χ4v) is 3.62. The topological polar surface area (TPSA) is 50.7 Å². The van der Waals surface area contributed by atoms with Gasteiger partial charge in [0.25, 0.3) is 0 Å². The largest absolute Gasteiger partial charge is 0.363 e. The van der Waals surface area contributed by atoms with Gasteiger partial charge in [0.1, 0.15) is 5.82 Å². The first kappa shape index (κ1) is 18.3. The van der Waals surface area contributed by atoms with Crippen molar-refractivity contribution in [1.29, 1.82) is 0 Å². The molecule has 0 radical (unpaired) electrons. The summed E-state index contributed by atoms with van der Waals surface area (Å²) in [4.78, 5) is 13.5. The van der Waals surface area contributed by atoms with Gasteiger partial charge < -0.3 is 5.32 Å². The molecule has 5 heteroatoms. The zero-order chi connectivity index (χ0) is 18.5. The second-order valence-electron chi connectivity index (χ2n) is 6.40. The summed E-state index contributed by atoms with van der Waals surface area (Å²) in [5, 5.41) is 5.59. The number of aromatic nitrogens is 3. The normalized spacial score (nSPS) is 13.0. The summed E-state index contributed by atoms with van der Waals surface area (Å²) >= 11 is 1.66. The number of hydrogen-bond acceptors (Lipinski definition) is 5. The number of nitrogens with zero attached hydrogens (tertiary/aromatic N) is 3. The van der Waals surface area contributed by atoms with Gasteiger partial charge in [-0.25, -0.2) is 9.97 Å². The maximum Gasteiger partial charge on any atom is 0.162 e. The highest BCUT2D eigenvalue weighted by Crippen LogP contribution is 2.29. The van der Waals surface area contributed by atoms with Crippen LogP contribution in [0.15, 0.2) is 59.8 Å². The molecule has 0 aromatic carbocycles. The summed E-state index contributed by atoms with van der Waals surface area (Å²) in [5.41, 5.74) is 4.36. The summed E-state index contributed by atoms with van der Waals surface area (Å²) in [6.45, 7) is 10.6. The Morgan fingerprint density at radius 1 is 1.27 bits per heavy atom. The Labute approximate surface area is 158 Å². The zero-order valence-corrected chi connectivity index (χ0v) is 16.3. The van der Waals surface area contributed by atoms with Crippen LogP contribution in [-0.2, 0) is 0 Å². The van der Waals surface area contributed by atoms with E-state index in [1.807, 2.05) is 18.2 Å². The molecule has 1 unspecified atom stereocenters. The van der Waals surface area contributed by atoms with Crippen LogP contribution in [0.3, 0.4) is 0 Å². The molecule has 4 nitrogen and oxygen atoms in total. The molecule has 3 aromatic heterocycles. The average Bonchev–Trinajstić information content (AvgIpc) is 3.11. The molecule has 3 rings (SSSR count). The van der Waals surface area contributed by atoms with Gasteiger partial charge in [0.15, 0.2) is 5.82 Å². The Morgan fingerprint density at radius 2 is 2.04 bits per heavy atom. The summed E-state index contributed by atoms with van der Waals surface area (Å²) in [7, 11) is 0. The average molecular weight is 365 g/mol. The van der Waals surface area contributed by atoms with Crippen molar-refractivity contribution in [3.05, 3.63) is 59.8 Å². The molecule has 134 valence electrons. The van der Waals surface area contributed by atoms with E-state index in [0.717, 1.165) is 34.4 Å². The van der Waals surface area contributed by atoms with Gasteiger partial charge in [-0.1, -0.05) is 37.1 Å². The standard InChI is InChI=1S/C21H24N4S/c1-5-6-14(2)15(3)13-16(4)23-21-19-18(9-12-26-19)24-20(25-21)17-7-10-22-11-8-17/h7-13,16H,2,5-6H2,1,3-4H3,(H,23,24,25)/b15-13-. The first-order chi connectivity index (χ1) is 12.6. The quantitative estimate of drug-likeness (QED) is 0.534. The predicted octanol–water partition coefficient (Wildman–Crippen LogP) is 5.86. The molecular weight excluding hydrogens is 340 g/mol. The molecule has 0 fully saturated rings. The Hall–Kier alpha value is -2.53. The summed E-state index contributed by atoms with van der Waals surface area (Å²) in [6.07, 6.45) is 7.88. The van der Waals surface area contributed by atoms with Crippen molar-refractivity contribution in [2.75, 3.05) is 5.32 Å². The number of thiophene rings is 1. The molecule has 1 atom stereocenters. The van der Waals surface area contributed by atoms with E-state index < -0.39 is 0 Å². The number of anilines is 1. The molecule has 3 heterocycles. The van der Waals surface area contributed by atoms with Crippen LogP contribution in [0.4, 0.5) is 5.82 Å². The third-order valence-electron chi connectivity index (χ3n) is 4.22. The van der Waals surface area contributed by atoms with Gasteiger partial charge in [-0.15, -0.1) is 11.3 Å². The van der Waals surface area contributed by atoms with Gasteiger partial charge in [-0.3, -0.25) is 4.98 Å². The van der Waals surface area contributed by atoms with Crippen LogP contribution in [0.5, 0.6) is 0 Å². The molecule has 0 amide bonds. The Kier molecular flexibility index (Phi) is 5.78. The maximum absolute atomic E-state index is 4.78. The van der Waals surface area contributed by atoms with E-state index in [1.54, 1.807) is 23.7 Å². The lowest BCUT2D eigenvalue weighted by Gasteiger charge is -2.14. The van der Waals surface area contributed by atoms with Gasteiger partial charge in [0.2, 0.25) is 0 Å². The SMILES string of the molecule is C=C(CCC)/C(C)=C\C(C)Nc1nc(-c2ccncc2)nc2ccsc12. The molecule has 0 bridgehead atoms. The summed E-state index contributed by atoms with van der Waals surface area (Å²) in [5.74, 6) is 1.58. The van der Waals surface area contributed by atoms with E-state index in [1.165, 1.54) is 11.1 Å². The van der Waals surface area contributed by atoms with Crippen LogP contribution in [0, 0.1) is 0 Å². The van der Waals surface area contributed by atoms with Gasteiger partial charge in [-0.05, 0) is 43.8 Å². The summed E-state index contributed by atoms with van der Waals surface area (Å²) < 4.78 is 1.08. The van der Waals surface area contributed by atoms with E-state index in [0.29, 0.717) is 5.82 Å². The van der Waals surface area contributed by atoms with Crippen LogP contribution in [0.1, 0.15) is 33.6 Å². The van der Waals surface area contributed by atoms with Crippen molar-refractivity contribution in [2.45, 2.75) is 39.7 Å². The minimum Gasteiger partial charge on any atom is -0.363 e. The van der Waals surface area contributed by atoms with Crippen LogP contribution >= 0.6 is 11.3 Å². The predicted molar refractivity (Wildman–Crippen MR) is 112 cm³/mol.